The highest BCUT2D eigenvalue weighted by Crippen LogP contribution is 2.36. The summed E-state index contributed by atoms with van der Waals surface area (Å²) in [6.07, 6.45) is 0. The molecule has 0 spiro atoms. The van der Waals surface area contributed by atoms with Crippen molar-refractivity contribution in [3.05, 3.63) is 69.7 Å². The highest BCUT2D eigenvalue weighted by molar-refractivity contribution is 7.92. The monoisotopic (exact) mass is 514 g/mol. The van der Waals surface area contributed by atoms with Gasteiger partial charge >= 0.3 is 0 Å². The largest absolute Gasteiger partial charge is 0.497 e. The number of rotatable bonds is 6. The molecule has 0 amide bonds. The van der Waals surface area contributed by atoms with E-state index in [1.54, 1.807) is 19.2 Å². The van der Waals surface area contributed by atoms with E-state index in [2.05, 4.69) is 9.71 Å². The number of ether oxygens (including phenoxy) is 2. The maximum Gasteiger partial charge on any atom is 0.279 e. The van der Waals surface area contributed by atoms with Gasteiger partial charge in [0.25, 0.3) is 15.2 Å². The Morgan fingerprint density at radius 3 is 2.48 bits per heavy atom. The van der Waals surface area contributed by atoms with Crippen LogP contribution in [0.25, 0.3) is 10.2 Å². The van der Waals surface area contributed by atoms with Crippen LogP contribution in [-0.2, 0) is 10.0 Å². The van der Waals surface area contributed by atoms with Crippen molar-refractivity contribution in [1.29, 1.82) is 0 Å². The van der Waals surface area contributed by atoms with Crippen LogP contribution >= 0.6 is 46.1 Å². The van der Waals surface area contributed by atoms with Crippen molar-refractivity contribution in [3.63, 3.8) is 0 Å². The van der Waals surface area contributed by atoms with Crippen LogP contribution in [0.3, 0.4) is 0 Å². The molecule has 0 fully saturated rings. The van der Waals surface area contributed by atoms with E-state index in [4.69, 9.17) is 44.3 Å². The zero-order valence-corrected chi connectivity index (χ0v) is 19.6. The number of nitrogens with one attached hydrogen (secondary N) is 1. The number of halogens is 3. The highest BCUT2D eigenvalue weighted by Gasteiger charge is 2.19. The van der Waals surface area contributed by atoms with Crippen LogP contribution in [0.15, 0.2) is 59.5 Å². The predicted octanol–water partition coefficient (Wildman–Crippen LogP) is 6.86. The number of anilines is 1. The molecular weight excluding hydrogens is 503 g/mol. The molecular formula is C20H13Cl3N2O4S2. The SMILES string of the molecule is COc1ccc2nc(Oc3cc(Cl)cc(NS(=O)(=O)c4ccc(Cl)cc4Cl)c3)sc2c1. The van der Waals surface area contributed by atoms with Crippen LogP contribution in [0.4, 0.5) is 5.69 Å². The van der Waals surface area contributed by atoms with Crippen molar-refractivity contribution in [2.45, 2.75) is 4.90 Å². The number of hydrogen-bond acceptors (Lipinski definition) is 6. The molecule has 0 aliphatic heterocycles. The van der Waals surface area contributed by atoms with Crippen LogP contribution in [-0.4, -0.2) is 20.5 Å². The molecule has 1 N–H and O–H groups in total. The van der Waals surface area contributed by atoms with Crippen molar-refractivity contribution in [2.24, 2.45) is 0 Å². The zero-order valence-electron chi connectivity index (χ0n) is 15.7. The number of aromatic nitrogens is 1. The molecule has 0 saturated heterocycles. The summed E-state index contributed by atoms with van der Waals surface area (Å²) in [5, 5.41) is 0.986. The summed E-state index contributed by atoms with van der Waals surface area (Å²) in [6, 6.07) is 14.1. The summed E-state index contributed by atoms with van der Waals surface area (Å²) in [6.45, 7) is 0. The molecule has 160 valence electrons. The third-order valence-corrected chi connectivity index (χ3v) is 7.30. The number of benzene rings is 3. The van der Waals surface area contributed by atoms with E-state index in [0.717, 1.165) is 10.2 Å². The summed E-state index contributed by atoms with van der Waals surface area (Å²) in [4.78, 5) is 4.30. The quantitative estimate of drug-likeness (QED) is 0.303. The van der Waals surface area contributed by atoms with Gasteiger partial charge in [-0.25, -0.2) is 13.4 Å². The van der Waals surface area contributed by atoms with Crippen molar-refractivity contribution < 1.29 is 17.9 Å². The fourth-order valence-electron chi connectivity index (χ4n) is 2.74. The smallest absolute Gasteiger partial charge is 0.279 e. The van der Waals surface area contributed by atoms with Crippen LogP contribution in [0.5, 0.6) is 16.7 Å². The van der Waals surface area contributed by atoms with E-state index >= 15 is 0 Å². The van der Waals surface area contributed by atoms with Crippen LogP contribution < -0.4 is 14.2 Å². The summed E-state index contributed by atoms with van der Waals surface area (Å²) in [5.74, 6) is 1.03. The van der Waals surface area contributed by atoms with Crippen LogP contribution in [0.1, 0.15) is 0 Å². The van der Waals surface area contributed by atoms with Crippen LogP contribution in [0, 0.1) is 0 Å². The lowest BCUT2D eigenvalue weighted by Gasteiger charge is -2.11. The lowest BCUT2D eigenvalue weighted by molar-refractivity contribution is 0.415. The molecule has 1 heterocycles. The molecule has 0 aliphatic rings. The van der Waals surface area contributed by atoms with E-state index in [-0.39, 0.29) is 20.6 Å². The Hall–Kier alpha value is -2.23. The normalized spacial score (nSPS) is 11.5. The molecule has 0 radical (unpaired) electrons. The Morgan fingerprint density at radius 1 is 0.935 bits per heavy atom. The summed E-state index contributed by atoms with van der Waals surface area (Å²) in [5.41, 5.74) is 0.956. The zero-order chi connectivity index (χ0) is 22.2. The lowest BCUT2D eigenvalue weighted by Crippen LogP contribution is -2.13. The van der Waals surface area contributed by atoms with E-state index in [0.29, 0.717) is 21.7 Å². The second kappa shape index (κ2) is 8.72. The molecule has 3 aromatic carbocycles. The topological polar surface area (TPSA) is 77.5 Å². The number of nitrogens with zero attached hydrogens (tertiary/aromatic N) is 1. The number of hydrogen-bond donors (Lipinski definition) is 1. The lowest BCUT2D eigenvalue weighted by atomic mass is 10.3. The van der Waals surface area contributed by atoms with Crippen molar-refractivity contribution in [2.75, 3.05) is 11.8 Å². The maximum atomic E-state index is 12.7. The molecule has 6 nitrogen and oxygen atoms in total. The van der Waals surface area contributed by atoms with Gasteiger partial charge in [0.2, 0.25) is 0 Å². The molecule has 0 unspecified atom stereocenters. The fraction of sp³-hybridized carbons (Fsp3) is 0.0500. The first-order valence-corrected chi connectivity index (χ1v) is 12.1. The summed E-state index contributed by atoms with van der Waals surface area (Å²) < 4.78 is 39.9. The summed E-state index contributed by atoms with van der Waals surface area (Å²) >= 11 is 19.4. The van der Waals surface area contributed by atoms with E-state index in [9.17, 15) is 8.42 Å². The van der Waals surface area contributed by atoms with Gasteiger partial charge in [-0.3, -0.25) is 4.72 Å². The molecule has 4 aromatic rings. The minimum atomic E-state index is -3.98. The van der Waals surface area contributed by atoms with E-state index in [1.165, 1.54) is 41.7 Å². The van der Waals surface area contributed by atoms with Gasteiger partial charge in [0.1, 0.15) is 16.4 Å². The molecule has 4 rings (SSSR count). The van der Waals surface area contributed by atoms with E-state index < -0.39 is 10.0 Å². The summed E-state index contributed by atoms with van der Waals surface area (Å²) in [7, 11) is -2.39. The van der Waals surface area contributed by atoms with E-state index in [1.807, 2.05) is 12.1 Å². The minimum Gasteiger partial charge on any atom is -0.497 e. The van der Waals surface area contributed by atoms with Gasteiger partial charge < -0.3 is 9.47 Å². The first kappa shape index (κ1) is 22.0. The van der Waals surface area contributed by atoms with Gasteiger partial charge in [-0.1, -0.05) is 46.1 Å². The minimum absolute atomic E-state index is 0.00315. The fourth-order valence-corrected chi connectivity index (χ4v) is 5.64. The van der Waals surface area contributed by atoms with Gasteiger partial charge in [-0.15, -0.1) is 0 Å². The van der Waals surface area contributed by atoms with Gasteiger partial charge in [0, 0.05) is 16.1 Å². The second-order valence-electron chi connectivity index (χ2n) is 6.27. The average molecular weight is 516 g/mol. The van der Waals surface area contributed by atoms with Gasteiger partial charge in [-0.2, -0.15) is 0 Å². The number of fused-ring (bicyclic) bond motifs is 1. The highest BCUT2D eigenvalue weighted by atomic mass is 35.5. The molecule has 11 heteroatoms. The molecule has 31 heavy (non-hydrogen) atoms. The van der Waals surface area contributed by atoms with Gasteiger partial charge in [0.05, 0.1) is 28.0 Å². The Kier molecular flexibility index (Phi) is 6.18. The molecule has 0 saturated carbocycles. The maximum absolute atomic E-state index is 12.7. The molecule has 0 bridgehead atoms. The Balaban J connectivity index is 1.61. The van der Waals surface area contributed by atoms with Crippen molar-refractivity contribution in [3.8, 4) is 16.7 Å². The first-order chi connectivity index (χ1) is 14.7. The van der Waals surface area contributed by atoms with Gasteiger partial charge in [0.15, 0.2) is 0 Å². The third kappa shape index (κ3) is 4.99. The standard InChI is InChI=1S/C20H13Cl3N2O4S2/c1-28-14-3-4-17-18(10-14)30-20(24-17)29-15-7-12(22)6-13(9-15)25-31(26,27)19-5-2-11(21)8-16(19)23/h2-10,25H,1H3. The molecule has 0 aliphatic carbocycles. The molecule has 1 aromatic heterocycles. The Bertz CT molecular complexity index is 1390. The Labute approximate surface area is 197 Å². The van der Waals surface area contributed by atoms with Gasteiger partial charge in [-0.05, 0) is 48.5 Å². The number of sulfonamides is 1. The third-order valence-electron chi connectivity index (χ3n) is 4.09. The average Bonchev–Trinajstić information content (AvgIpc) is 3.07. The first-order valence-electron chi connectivity index (χ1n) is 8.64. The Morgan fingerprint density at radius 2 is 1.74 bits per heavy atom. The van der Waals surface area contributed by atoms with Crippen LogP contribution in [0.2, 0.25) is 15.1 Å². The molecule has 0 atom stereocenters. The number of thiazole rings is 1. The second-order valence-corrected chi connectivity index (χ2v) is 10.2. The number of methoxy groups -OCH3 is 1. The van der Waals surface area contributed by atoms with Crippen molar-refractivity contribution in [1.82, 2.24) is 4.98 Å². The predicted molar refractivity (Wildman–Crippen MR) is 125 cm³/mol. The van der Waals surface area contributed by atoms with Crippen molar-refractivity contribution >= 4 is 72.1 Å².